The molecule has 0 atom stereocenters. The second-order valence-electron chi connectivity index (χ2n) is 7.64. The third kappa shape index (κ3) is 4.37. The zero-order valence-corrected chi connectivity index (χ0v) is 17.7. The molecular weight excluding hydrogens is 417 g/mol. The zero-order valence-electron chi connectivity index (χ0n) is 16.9. The zero-order chi connectivity index (χ0) is 22.2. The van der Waals surface area contributed by atoms with E-state index in [-0.39, 0.29) is 30.8 Å². The molecule has 0 aromatic heterocycles. The van der Waals surface area contributed by atoms with Crippen LogP contribution in [0.5, 0.6) is 0 Å². The lowest BCUT2D eigenvalue weighted by Crippen LogP contribution is -2.41. The predicted octanol–water partition coefficient (Wildman–Crippen LogP) is 4.07. The Bertz CT molecular complexity index is 1070. The first kappa shape index (κ1) is 22.3. The van der Waals surface area contributed by atoms with Crippen LogP contribution in [0.3, 0.4) is 0 Å². The molecule has 162 valence electrons. The van der Waals surface area contributed by atoms with Crippen molar-refractivity contribution < 1.29 is 26.4 Å². The van der Waals surface area contributed by atoms with Crippen molar-refractivity contribution >= 4 is 21.6 Å². The van der Waals surface area contributed by atoms with Gasteiger partial charge in [0.25, 0.3) is 0 Å². The van der Waals surface area contributed by atoms with Crippen molar-refractivity contribution in [2.75, 3.05) is 18.4 Å². The van der Waals surface area contributed by atoms with Gasteiger partial charge in [-0.3, -0.25) is 4.79 Å². The number of aryl methyl sites for hydroxylation is 3. The molecule has 0 spiro atoms. The van der Waals surface area contributed by atoms with E-state index >= 15 is 0 Å². The standard InChI is InChI=1S/C21H23F3N2O3S/c1-12-8-13(2)20(14(3)9-12)30(28,29)26-6-4-15(5-7-26)21(27)25-19-11-17(23)16(22)10-18(19)24/h8-11,15H,4-7H2,1-3H3,(H,25,27). The maximum atomic E-state index is 13.8. The van der Waals surface area contributed by atoms with E-state index in [9.17, 15) is 26.4 Å². The van der Waals surface area contributed by atoms with Gasteiger partial charge >= 0.3 is 0 Å². The van der Waals surface area contributed by atoms with E-state index in [0.29, 0.717) is 23.3 Å². The molecule has 0 aliphatic carbocycles. The average Bonchev–Trinajstić information content (AvgIpc) is 2.65. The molecule has 0 bridgehead atoms. The molecule has 0 unspecified atom stereocenters. The van der Waals surface area contributed by atoms with E-state index < -0.39 is 45.0 Å². The number of nitrogens with zero attached hydrogens (tertiary/aromatic N) is 1. The van der Waals surface area contributed by atoms with Crippen LogP contribution in [0.25, 0.3) is 0 Å². The van der Waals surface area contributed by atoms with Crippen molar-refractivity contribution in [3.63, 3.8) is 0 Å². The summed E-state index contributed by atoms with van der Waals surface area (Å²) in [7, 11) is -3.71. The fraction of sp³-hybridized carbons (Fsp3) is 0.381. The van der Waals surface area contributed by atoms with Gasteiger partial charge in [-0.2, -0.15) is 4.31 Å². The summed E-state index contributed by atoms with van der Waals surface area (Å²) >= 11 is 0. The minimum atomic E-state index is -3.71. The lowest BCUT2D eigenvalue weighted by molar-refractivity contribution is -0.120. The number of sulfonamides is 1. The summed E-state index contributed by atoms with van der Waals surface area (Å²) in [5.41, 5.74) is 1.87. The van der Waals surface area contributed by atoms with Crippen LogP contribution in [0.15, 0.2) is 29.2 Å². The van der Waals surface area contributed by atoms with Crippen LogP contribution in [-0.4, -0.2) is 31.7 Å². The van der Waals surface area contributed by atoms with E-state index in [1.807, 2.05) is 19.1 Å². The smallest absolute Gasteiger partial charge is 0.243 e. The van der Waals surface area contributed by atoms with Crippen LogP contribution in [-0.2, 0) is 14.8 Å². The first-order valence-electron chi connectivity index (χ1n) is 9.54. The maximum Gasteiger partial charge on any atom is 0.243 e. The molecule has 1 aliphatic rings. The number of carbonyl (C=O) groups excluding carboxylic acids is 1. The van der Waals surface area contributed by atoms with Gasteiger partial charge in [0.15, 0.2) is 11.6 Å². The fourth-order valence-electron chi connectivity index (χ4n) is 3.91. The topological polar surface area (TPSA) is 66.5 Å². The van der Waals surface area contributed by atoms with Crippen molar-refractivity contribution in [2.45, 2.75) is 38.5 Å². The second-order valence-corrected chi connectivity index (χ2v) is 9.52. The maximum absolute atomic E-state index is 13.8. The predicted molar refractivity (Wildman–Crippen MR) is 107 cm³/mol. The number of piperidine rings is 1. The summed E-state index contributed by atoms with van der Waals surface area (Å²) in [6.07, 6.45) is 0.473. The van der Waals surface area contributed by atoms with E-state index in [4.69, 9.17) is 0 Å². The van der Waals surface area contributed by atoms with Gasteiger partial charge in [0, 0.05) is 31.1 Å². The number of amides is 1. The quantitative estimate of drug-likeness (QED) is 0.729. The molecule has 0 saturated carbocycles. The monoisotopic (exact) mass is 440 g/mol. The van der Waals surface area contributed by atoms with Crippen molar-refractivity contribution in [1.82, 2.24) is 4.31 Å². The normalized spacial score (nSPS) is 15.9. The molecule has 1 heterocycles. The number of benzene rings is 2. The highest BCUT2D eigenvalue weighted by atomic mass is 32.2. The lowest BCUT2D eigenvalue weighted by Gasteiger charge is -2.31. The van der Waals surface area contributed by atoms with Gasteiger partial charge < -0.3 is 5.32 Å². The lowest BCUT2D eigenvalue weighted by atomic mass is 9.97. The van der Waals surface area contributed by atoms with Gasteiger partial charge in [-0.15, -0.1) is 0 Å². The third-order valence-electron chi connectivity index (χ3n) is 5.30. The molecule has 30 heavy (non-hydrogen) atoms. The summed E-state index contributed by atoms with van der Waals surface area (Å²) in [5, 5.41) is 2.27. The summed E-state index contributed by atoms with van der Waals surface area (Å²) in [6.45, 7) is 5.67. The first-order chi connectivity index (χ1) is 14.0. The van der Waals surface area contributed by atoms with Crippen LogP contribution in [0.2, 0.25) is 0 Å². The van der Waals surface area contributed by atoms with Crippen molar-refractivity contribution in [2.24, 2.45) is 5.92 Å². The Morgan fingerprint density at radius 2 is 1.47 bits per heavy atom. The van der Waals surface area contributed by atoms with Crippen LogP contribution in [0.1, 0.15) is 29.5 Å². The Morgan fingerprint density at radius 3 is 2.03 bits per heavy atom. The highest BCUT2D eigenvalue weighted by molar-refractivity contribution is 7.89. The first-order valence-corrected chi connectivity index (χ1v) is 11.0. The Labute approximate surface area is 173 Å². The number of nitrogens with one attached hydrogen (secondary N) is 1. The fourth-order valence-corrected chi connectivity index (χ4v) is 5.80. The van der Waals surface area contributed by atoms with E-state index in [1.54, 1.807) is 13.8 Å². The van der Waals surface area contributed by atoms with Gasteiger partial charge in [-0.05, 0) is 44.7 Å². The van der Waals surface area contributed by atoms with E-state index in [0.717, 1.165) is 5.56 Å². The number of anilines is 1. The van der Waals surface area contributed by atoms with Gasteiger partial charge in [0.1, 0.15) is 5.82 Å². The van der Waals surface area contributed by atoms with Crippen molar-refractivity contribution in [3.05, 3.63) is 58.4 Å². The van der Waals surface area contributed by atoms with Crippen molar-refractivity contribution in [1.29, 1.82) is 0 Å². The number of halogens is 3. The van der Waals surface area contributed by atoms with Gasteiger partial charge in [0.2, 0.25) is 15.9 Å². The van der Waals surface area contributed by atoms with Crippen LogP contribution in [0, 0.1) is 44.1 Å². The molecule has 2 aromatic rings. The molecule has 1 N–H and O–H groups in total. The van der Waals surface area contributed by atoms with Gasteiger partial charge in [-0.25, -0.2) is 21.6 Å². The minimum Gasteiger partial charge on any atom is -0.323 e. The highest BCUT2D eigenvalue weighted by Crippen LogP contribution is 2.29. The molecule has 1 fully saturated rings. The molecule has 1 amide bonds. The summed E-state index contributed by atoms with van der Waals surface area (Å²) < 4.78 is 67.7. The minimum absolute atomic E-state index is 0.132. The number of carbonyl (C=O) groups is 1. The summed E-state index contributed by atoms with van der Waals surface area (Å²) in [6, 6.07) is 4.59. The van der Waals surface area contributed by atoms with Gasteiger partial charge in [0.05, 0.1) is 10.6 Å². The van der Waals surface area contributed by atoms with Crippen molar-refractivity contribution in [3.8, 4) is 0 Å². The largest absolute Gasteiger partial charge is 0.323 e. The Balaban J connectivity index is 1.70. The second kappa shape index (κ2) is 8.39. The molecule has 1 saturated heterocycles. The number of rotatable bonds is 4. The number of hydrogen-bond acceptors (Lipinski definition) is 3. The molecule has 0 radical (unpaired) electrons. The van der Waals surface area contributed by atoms with Gasteiger partial charge in [-0.1, -0.05) is 17.7 Å². The highest BCUT2D eigenvalue weighted by Gasteiger charge is 2.34. The molecule has 9 heteroatoms. The molecule has 3 rings (SSSR count). The summed E-state index contributed by atoms with van der Waals surface area (Å²) in [4.78, 5) is 12.7. The third-order valence-corrected chi connectivity index (χ3v) is 7.50. The van der Waals surface area contributed by atoms with Crippen LogP contribution < -0.4 is 5.32 Å². The molecule has 5 nitrogen and oxygen atoms in total. The summed E-state index contributed by atoms with van der Waals surface area (Å²) in [5.74, 6) is -4.81. The van der Waals surface area contributed by atoms with Crippen LogP contribution in [0.4, 0.5) is 18.9 Å². The van der Waals surface area contributed by atoms with Crippen LogP contribution >= 0.6 is 0 Å². The molecular formula is C21H23F3N2O3S. The van der Waals surface area contributed by atoms with E-state index in [2.05, 4.69) is 5.32 Å². The Morgan fingerprint density at radius 1 is 0.933 bits per heavy atom. The Kier molecular flexibility index (Phi) is 6.24. The average molecular weight is 440 g/mol. The Hall–Kier alpha value is -2.39. The van der Waals surface area contributed by atoms with E-state index in [1.165, 1.54) is 4.31 Å². The number of hydrogen-bond donors (Lipinski definition) is 1. The molecule has 2 aromatic carbocycles. The molecule has 1 aliphatic heterocycles. The SMILES string of the molecule is Cc1cc(C)c(S(=O)(=O)N2CCC(C(=O)Nc3cc(F)c(F)cc3F)CC2)c(C)c1.